The first kappa shape index (κ1) is 11.5. The Bertz CT molecular complexity index is 196. The van der Waals surface area contributed by atoms with Crippen molar-refractivity contribution >= 4 is 5.97 Å². The number of carbonyl (C=O) groups is 1. The third kappa shape index (κ3) is 2.96. The highest BCUT2D eigenvalue weighted by Gasteiger charge is 2.26. The molecule has 1 rings (SSSR count). The van der Waals surface area contributed by atoms with Crippen LogP contribution in [0, 0.1) is 0 Å². The summed E-state index contributed by atoms with van der Waals surface area (Å²) >= 11 is 0. The number of methoxy groups -OCH3 is 2. The van der Waals surface area contributed by atoms with Crippen LogP contribution in [-0.4, -0.2) is 50.3 Å². The van der Waals surface area contributed by atoms with E-state index in [9.17, 15) is 4.79 Å². The SMILES string of the molecule is COC(=O)CC(C)N1CCC(OC)C1. The molecule has 1 aliphatic rings. The number of hydrogen-bond acceptors (Lipinski definition) is 4. The van der Waals surface area contributed by atoms with Crippen molar-refractivity contribution in [1.29, 1.82) is 0 Å². The van der Waals surface area contributed by atoms with Crippen LogP contribution in [0.5, 0.6) is 0 Å². The number of likely N-dealkylation sites (tertiary alicyclic amines) is 1. The largest absolute Gasteiger partial charge is 0.469 e. The van der Waals surface area contributed by atoms with Crippen LogP contribution in [0.4, 0.5) is 0 Å². The summed E-state index contributed by atoms with van der Waals surface area (Å²) in [4.78, 5) is 13.3. The molecule has 1 aliphatic heterocycles. The average Bonchev–Trinajstić information content (AvgIpc) is 2.65. The van der Waals surface area contributed by atoms with E-state index >= 15 is 0 Å². The van der Waals surface area contributed by atoms with Gasteiger partial charge in [-0.2, -0.15) is 0 Å². The van der Waals surface area contributed by atoms with Gasteiger partial charge >= 0.3 is 5.97 Å². The molecule has 0 saturated carbocycles. The van der Waals surface area contributed by atoms with Crippen LogP contribution < -0.4 is 0 Å². The second-order valence-electron chi connectivity index (χ2n) is 3.77. The fraction of sp³-hybridized carbons (Fsp3) is 0.900. The molecule has 82 valence electrons. The first-order valence-electron chi connectivity index (χ1n) is 5.01. The third-order valence-corrected chi connectivity index (χ3v) is 2.82. The predicted octanol–water partition coefficient (Wildman–Crippen LogP) is 0.659. The first-order chi connectivity index (χ1) is 6.67. The summed E-state index contributed by atoms with van der Waals surface area (Å²) in [6, 6.07) is 0.252. The van der Waals surface area contributed by atoms with Gasteiger partial charge in [-0.05, 0) is 13.3 Å². The highest BCUT2D eigenvalue weighted by molar-refractivity contribution is 5.69. The lowest BCUT2D eigenvalue weighted by Crippen LogP contribution is -2.33. The Balaban J connectivity index is 2.31. The summed E-state index contributed by atoms with van der Waals surface area (Å²) in [6.07, 6.45) is 1.85. The Morgan fingerprint density at radius 1 is 1.57 bits per heavy atom. The zero-order valence-electron chi connectivity index (χ0n) is 9.16. The van der Waals surface area contributed by atoms with Crippen molar-refractivity contribution in [2.24, 2.45) is 0 Å². The standard InChI is InChI=1S/C10H19NO3/c1-8(6-10(12)14-3)11-5-4-9(7-11)13-2/h8-9H,4-7H2,1-3H3. The summed E-state index contributed by atoms with van der Waals surface area (Å²) in [5, 5.41) is 0. The highest BCUT2D eigenvalue weighted by atomic mass is 16.5. The molecule has 14 heavy (non-hydrogen) atoms. The van der Waals surface area contributed by atoms with Crippen LogP contribution in [0.2, 0.25) is 0 Å². The molecule has 0 aromatic carbocycles. The normalized spacial score (nSPS) is 24.9. The number of esters is 1. The molecule has 0 aliphatic carbocycles. The summed E-state index contributed by atoms with van der Waals surface area (Å²) in [6.45, 7) is 3.99. The fourth-order valence-electron chi connectivity index (χ4n) is 1.80. The van der Waals surface area contributed by atoms with E-state index in [1.54, 1.807) is 7.11 Å². The molecule has 0 radical (unpaired) electrons. The lowest BCUT2D eigenvalue weighted by Gasteiger charge is -2.22. The van der Waals surface area contributed by atoms with Gasteiger partial charge in [-0.15, -0.1) is 0 Å². The van der Waals surface area contributed by atoms with Crippen LogP contribution in [-0.2, 0) is 14.3 Å². The number of nitrogens with zero attached hydrogens (tertiary/aromatic N) is 1. The molecule has 1 fully saturated rings. The zero-order chi connectivity index (χ0) is 10.6. The van der Waals surface area contributed by atoms with Crippen LogP contribution in [0.1, 0.15) is 19.8 Å². The van der Waals surface area contributed by atoms with E-state index < -0.39 is 0 Å². The summed E-state index contributed by atoms with van der Waals surface area (Å²) in [7, 11) is 3.16. The molecular formula is C10H19NO3. The number of hydrogen-bond donors (Lipinski definition) is 0. The molecule has 0 aromatic heterocycles. The van der Waals surface area contributed by atoms with Gasteiger partial charge < -0.3 is 9.47 Å². The molecule has 0 aromatic rings. The van der Waals surface area contributed by atoms with E-state index in [4.69, 9.17) is 4.74 Å². The molecular weight excluding hydrogens is 182 g/mol. The lowest BCUT2D eigenvalue weighted by atomic mass is 10.2. The van der Waals surface area contributed by atoms with E-state index in [0.29, 0.717) is 12.5 Å². The summed E-state index contributed by atoms with van der Waals surface area (Å²) in [5.74, 6) is -0.140. The molecule has 2 unspecified atom stereocenters. The maximum atomic E-state index is 11.0. The molecule has 0 N–H and O–H groups in total. The Morgan fingerprint density at radius 2 is 2.29 bits per heavy atom. The van der Waals surface area contributed by atoms with Gasteiger partial charge in [0.2, 0.25) is 0 Å². The van der Waals surface area contributed by atoms with Crippen molar-refractivity contribution in [2.75, 3.05) is 27.3 Å². The lowest BCUT2D eigenvalue weighted by molar-refractivity contribution is -0.141. The van der Waals surface area contributed by atoms with E-state index in [2.05, 4.69) is 16.6 Å². The van der Waals surface area contributed by atoms with E-state index in [0.717, 1.165) is 19.5 Å². The van der Waals surface area contributed by atoms with Gasteiger partial charge in [0.05, 0.1) is 19.6 Å². The Morgan fingerprint density at radius 3 is 2.79 bits per heavy atom. The molecule has 4 nitrogen and oxygen atoms in total. The van der Waals surface area contributed by atoms with Crippen molar-refractivity contribution in [2.45, 2.75) is 31.9 Å². The van der Waals surface area contributed by atoms with Gasteiger partial charge in [0.1, 0.15) is 0 Å². The van der Waals surface area contributed by atoms with Gasteiger partial charge in [-0.3, -0.25) is 9.69 Å². The number of carbonyl (C=O) groups excluding carboxylic acids is 1. The smallest absolute Gasteiger partial charge is 0.307 e. The van der Waals surface area contributed by atoms with E-state index in [1.807, 2.05) is 0 Å². The molecule has 0 bridgehead atoms. The van der Waals surface area contributed by atoms with Gasteiger partial charge in [-0.25, -0.2) is 0 Å². The minimum Gasteiger partial charge on any atom is -0.469 e. The van der Waals surface area contributed by atoms with Crippen molar-refractivity contribution < 1.29 is 14.3 Å². The summed E-state index contributed by atoms with van der Waals surface area (Å²) in [5.41, 5.74) is 0. The molecule has 1 heterocycles. The second-order valence-corrected chi connectivity index (χ2v) is 3.77. The third-order valence-electron chi connectivity index (χ3n) is 2.82. The fourth-order valence-corrected chi connectivity index (χ4v) is 1.80. The maximum Gasteiger partial charge on any atom is 0.307 e. The number of rotatable bonds is 4. The number of ether oxygens (including phenoxy) is 2. The minimum absolute atomic E-state index is 0.140. The zero-order valence-corrected chi connectivity index (χ0v) is 9.16. The predicted molar refractivity (Wildman–Crippen MR) is 53.1 cm³/mol. The first-order valence-corrected chi connectivity index (χ1v) is 5.01. The van der Waals surface area contributed by atoms with Crippen LogP contribution in [0.3, 0.4) is 0 Å². The van der Waals surface area contributed by atoms with E-state index in [-0.39, 0.29) is 12.0 Å². The molecule has 4 heteroatoms. The second kappa shape index (κ2) is 5.32. The Labute approximate surface area is 85.2 Å². The van der Waals surface area contributed by atoms with E-state index in [1.165, 1.54) is 7.11 Å². The Hall–Kier alpha value is -0.610. The van der Waals surface area contributed by atoms with Crippen molar-refractivity contribution in [1.82, 2.24) is 4.90 Å². The van der Waals surface area contributed by atoms with Gasteiger partial charge in [0, 0.05) is 26.2 Å². The average molecular weight is 201 g/mol. The topological polar surface area (TPSA) is 38.8 Å². The summed E-state index contributed by atoms with van der Waals surface area (Å²) < 4.78 is 9.90. The molecule has 1 saturated heterocycles. The van der Waals surface area contributed by atoms with Crippen LogP contribution in [0.25, 0.3) is 0 Å². The van der Waals surface area contributed by atoms with Gasteiger partial charge in [0.25, 0.3) is 0 Å². The molecule has 0 spiro atoms. The van der Waals surface area contributed by atoms with Gasteiger partial charge in [0.15, 0.2) is 0 Å². The van der Waals surface area contributed by atoms with Crippen molar-refractivity contribution in [3.8, 4) is 0 Å². The van der Waals surface area contributed by atoms with Crippen molar-refractivity contribution in [3.63, 3.8) is 0 Å². The molecule has 2 atom stereocenters. The molecule has 0 amide bonds. The van der Waals surface area contributed by atoms with Crippen LogP contribution >= 0.6 is 0 Å². The maximum absolute atomic E-state index is 11.0. The Kier molecular flexibility index (Phi) is 4.35. The minimum atomic E-state index is -0.140. The van der Waals surface area contributed by atoms with Crippen molar-refractivity contribution in [3.05, 3.63) is 0 Å². The van der Waals surface area contributed by atoms with Crippen LogP contribution in [0.15, 0.2) is 0 Å². The van der Waals surface area contributed by atoms with Gasteiger partial charge in [-0.1, -0.05) is 0 Å². The highest BCUT2D eigenvalue weighted by Crippen LogP contribution is 2.16. The quantitative estimate of drug-likeness (QED) is 0.626. The monoisotopic (exact) mass is 201 g/mol.